The predicted molar refractivity (Wildman–Crippen MR) is 84.6 cm³/mol. The molecule has 0 spiro atoms. The summed E-state index contributed by atoms with van der Waals surface area (Å²) in [6.45, 7) is 5.21. The summed E-state index contributed by atoms with van der Waals surface area (Å²) in [7, 11) is 0. The molecule has 122 valence electrons. The predicted octanol–water partition coefficient (Wildman–Crippen LogP) is 2.31. The van der Waals surface area contributed by atoms with Crippen LogP contribution in [0.15, 0.2) is 34.9 Å². The minimum atomic E-state index is 0.0863. The van der Waals surface area contributed by atoms with Crippen molar-refractivity contribution in [1.82, 2.24) is 15.0 Å². The molecule has 1 aliphatic rings. The van der Waals surface area contributed by atoms with E-state index in [2.05, 4.69) is 10.1 Å². The molecule has 0 aliphatic carbocycles. The molecule has 1 saturated heterocycles. The summed E-state index contributed by atoms with van der Waals surface area (Å²) in [6.07, 6.45) is 0.910. The summed E-state index contributed by atoms with van der Waals surface area (Å²) in [5.41, 5.74) is 0.907. The topological polar surface area (TPSA) is 68.5 Å². The quantitative estimate of drug-likeness (QED) is 0.866. The van der Waals surface area contributed by atoms with E-state index in [-0.39, 0.29) is 18.1 Å². The Kier molecular flexibility index (Phi) is 4.71. The number of nitrogens with zero attached hydrogens (tertiary/aromatic N) is 3. The van der Waals surface area contributed by atoms with Gasteiger partial charge in [0.15, 0.2) is 0 Å². The van der Waals surface area contributed by atoms with Gasteiger partial charge in [-0.1, -0.05) is 35.5 Å². The molecule has 1 amide bonds. The number of aromatic nitrogens is 2. The van der Waals surface area contributed by atoms with Crippen LogP contribution in [-0.4, -0.2) is 46.2 Å². The molecule has 1 fully saturated rings. The summed E-state index contributed by atoms with van der Waals surface area (Å²) < 4.78 is 10.8. The van der Waals surface area contributed by atoms with Crippen LogP contribution in [0.4, 0.5) is 0 Å². The number of carbonyl (C=O) groups is 1. The minimum absolute atomic E-state index is 0.0863. The highest BCUT2D eigenvalue weighted by Crippen LogP contribution is 2.17. The zero-order chi connectivity index (χ0) is 16.2. The van der Waals surface area contributed by atoms with Crippen molar-refractivity contribution in [3.63, 3.8) is 0 Å². The number of aryl methyl sites for hydroxylation is 1. The van der Waals surface area contributed by atoms with Gasteiger partial charge in [0.1, 0.15) is 0 Å². The van der Waals surface area contributed by atoms with Crippen LogP contribution in [0, 0.1) is 0 Å². The molecule has 2 atom stereocenters. The lowest BCUT2D eigenvalue weighted by molar-refractivity contribution is -0.143. The number of morpholine rings is 1. The van der Waals surface area contributed by atoms with Crippen molar-refractivity contribution in [3.8, 4) is 11.4 Å². The molecule has 1 aromatic heterocycles. The fraction of sp³-hybridized carbons (Fsp3) is 0.471. The maximum absolute atomic E-state index is 12.4. The van der Waals surface area contributed by atoms with Gasteiger partial charge in [-0.05, 0) is 13.8 Å². The summed E-state index contributed by atoms with van der Waals surface area (Å²) in [5, 5.41) is 3.97. The van der Waals surface area contributed by atoms with E-state index >= 15 is 0 Å². The van der Waals surface area contributed by atoms with Gasteiger partial charge in [0.05, 0.1) is 18.8 Å². The fourth-order valence-electron chi connectivity index (χ4n) is 2.67. The zero-order valence-corrected chi connectivity index (χ0v) is 13.4. The SMILES string of the molecule is C[C@H]1CN(C(=O)CCc2nc(-c3ccccc3)no2)[C@@H](C)CO1. The Morgan fingerprint density at radius 3 is 2.87 bits per heavy atom. The number of rotatable bonds is 4. The smallest absolute Gasteiger partial charge is 0.227 e. The Bertz CT molecular complexity index is 656. The monoisotopic (exact) mass is 315 g/mol. The first-order valence-corrected chi connectivity index (χ1v) is 7.92. The van der Waals surface area contributed by atoms with E-state index in [1.165, 1.54) is 0 Å². The number of benzene rings is 1. The number of amides is 1. The van der Waals surface area contributed by atoms with E-state index < -0.39 is 0 Å². The van der Waals surface area contributed by atoms with Gasteiger partial charge < -0.3 is 14.2 Å². The van der Waals surface area contributed by atoms with Crippen LogP contribution in [-0.2, 0) is 16.0 Å². The first-order chi connectivity index (χ1) is 11.1. The molecular formula is C17H21N3O3. The first-order valence-electron chi connectivity index (χ1n) is 7.92. The Balaban J connectivity index is 1.58. The Labute approximate surface area is 135 Å². The molecule has 1 aliphatic heterocycles. The maximum atomic E-state index is 12.4. The van der Waals surface area contributed by atoms with Crippen molar-refractivity contribution >= 4 is 5.91 Å². The van der Waals surface area contributed by atoms with E-state index in [1.807, 2.05) is 49.1 Å². The number of ether oxygens (including phenoxy) is 1. The van der Waals surface area contributed by atoms with E-state index in [0.717, 1.165) is 5.56 Å². The maximum Gasteiger partial charge on any atom is 0.227 e. The highest BCUT2D eigenvalue weighted by Gasteiger charge is 2.27. The zero-order valence-electron chi connectivity index (χ0n) is 13.4. The van der Waals surface area contributed by atoms with Crippen LogP contribution in [0.5, 0.6) is 0 Å². The average Bonchev–Trinajstić information content (AvgIpc) is 3.05. The molecule has 6 heteroatoms. The van der Waals surface area contributed by atoms with Gasteiger partial charge >= 0.3 is 0 Å². The van der Waals surface area contributed by atoms with E-state index in [9.17, 15) is 4.79 Å². The Morgan fingerprint density at radius 2 is 2.09 bits per heavy atom. The second kappa shape index (κ2) is 6.91. The van der Waals surface area contributed by atoms with E-state index in [1.54, 1.807) is 0 Å². The lowest BCUT2D eigenvalue weighted by atomic mass is 10.1. The molecule has 0 unspecified atom stereocenters. The first kappa shape index (κ1) is 15.7. The van der Waals surface area contributed by atoms with Crippen molar-refractivity contribution < 1.29 is 14.1 Å². The van der Waals surface area contributed by atoms with Crippen LogP contribution in [0.25, 0.3) is 11.4 Å². The molecule has 6 nitrogen and oxygen atoms in total. The minimum Gasteiger partial charge on any atom is -0.375 e. The van der Waals surface area contributed by atoms with Crippen LogP contribution < -0.4 is 0 Å². The third-order valence-electron chi connectivity index (χ3n) is 3.98. The molecule has 3 rings (SSSR count). The lowest BCUT2D eigenvalue weighted by Crippen LogP contribution is -2.50. The molecule has 0 saturated carbocycles. The van der Waals surface area contributed by atoms with Gasteiger partial charge in [-0.25, -0.2) is 0 Å². The van der Waals surface area contributed by atoms with E-state index in [4.69, 9.17) is 9.26 Å². The van der Waals surface area contributed by atoms with Crippen molar-refractivity contribution in [2.75, 3.05) is 13.2 Å². The van der Waals surface area contributed by atoms with Crippen LogP contribution in [0.3, 0.4) is 0 Å². The number of hydrogen-bond donors (Lipinski definition) is 0. The van der Waals surface area contributed by atoms with E-state index in [0.29, 0.717) is 37.7 Å². The van der Waals surface area contributed by atoms with Crippen molar-refractivity contribution in [2.24, 2.45) is 0 Å². The molecular weight excluding hydrogens is 294 g/mol. The summed E-state index contributed by atoms with van der Waals surface area (Å²) in [6, 6.07) is 9.76. The van der Waals surface area contributed by atoms with Gasteiger partial charge in [-0.2, -0.15) is 4.98 Å². The number of carbonyl (C=O) groups excluding carboxylic acids is 1. The lowest BCUT2D eigenvalue weighted by Gasteiger charge is -2.36. The van der Waals surface area contributed by atoms with Gasteiger partial charge in [0.25, 0.3) is 0 Å². The van der Waals surface area contributed by atoms with Crippen LogP contribution in [0.1, 0.15) is 26.2 Å². The van der Waals surface area contributed by atoms with Crippen molar-refractivity contribution in [3.05, 3.63) is 36.2 Å². The molecule has 2 aromatic rings. The highest BCUT2D eigenvalue weighted by atomic mass is 16.5. The Morgan fingerprint density at radius 1 is 1.30 bits per heavy atom. The fourth-order valence-corrected chi connectivity index (χ4v) is 2.67. The average molecular weight is 315 g/mol. The molecule has 0 N–H and O–H groups in total. The van der Waals surface area contributed by atoms with Gasteiger partial charge in [0, 0.05) is 24.9 Å². The molecule has 23 heavy (non-hydrogen) atoms. The summed E-state index contributed by atoms with van der Waals surface area (Å²) >= 11 is 0. The summed E-state index contributed by atoms with van der Waals surface area (Å²) in [5.74, 6) is 1.15. The van der Waals surface area contributed by atoms with Crippen LogP contribution in [0.2, 0.25) is 0 Å². The van der Waals surface area contributed by atoms with Gasteiger partial charge in [-0.15, -0.1) is 0 Å². The molecule has 0 radical (unpaired) electrons. The largest absolute Gasteiger partial charge is 0.375 e. The number of hydrogen-bond acceptors (Lipinski definition) is 5. The molecule has 0 bridgehead atoms. The third-order valence-corrected chi connectivity index (χ3v) is 3.98. The van der Waals surface area contributed by atoms with Crippen molar-refractivity contribution in [1.29, 1.82) is 0 Å². The molecule has 2 heterocycles. The Hall–Kier alpha value is -2.21. The second-order valence-electron chi connectivity index (χ2n) is 5.92. The van der Waals surface area contributed by atoms with Gasteiger partial charge in [-0.3, -0.25) is 4.79 Å². The second-order valence-corrected chi connectivity index (χ2v) is 5.92. The summed E-state index contributed by atoms with van der Waals surface area (Å²) in [4.78, 5) is 18.6. The van der Waals surface area contributed by atoms with Crippen LogP contribution >= 0.6 is 0 Å². The highest BCUT2D eigenvalue weighted by molar-refractivity contribution is 5.76. The third kappa shape index (κ3) is 3.76. The van der Waals surface area contributed by atoms with Gasteiger partial charge in [0.2, 0.25) is 17.6 Å². The standard InChI is InChI=1S/C17H21N3O3/c1-12-11-22-13(2)10-20(12)16(21)9-8-15-18-17(19-23-15)14-6-4-3-5-7-14/h3-7,12-13H,8-11H2,1-2H3/t12-,13-/m0/s1. The normalized spacial score (nSPS) is 21.4. The van der Waals surface area contributed by atoms with Crippen molar-refractivity contribution in [2.45, 2.75) is 38.8 Å². The molecule has 1 aromatic carbocycles.